The molecule has 2 aliphatic rings. The molecule has 2 aliphatic heterocycles. The fraction of sp³-hybridized carbons (Fsp3) is 0.667. The third-order valence-electron chi connectivity index (χ3n) is 4.27. The van der Waals surface area contributed by atoms with Crippen LogP contribution in [-0.4, -0.2) is 59.9 Å². The van der Waals surface area contributed by atoms with Crippen molar-refractivity contribution in [3.8, 4) is 0 Å². The first-order chi connectivity index (χ1) is 10.6. The molecular formula is C15H21ClN4O2. The summed E-state index contributed by atoms with van der Waals surface area (Å²) < 4.78 is 5.51. The van der Waals surface area contributed by atoms with Gasteiger partial charge in [-0.15, -0.1) is 10.2 Å². The number of morpholine rings is 1. The summed E-state index contributed by atoms with van der Waals surface area (Å²) in [7, 11) is 0. The lowest BCUT2D eigenvalue weighted by Gasteiger charge is -2.37. The van der Waals surface area contributed by atoms with Crippen LogP contribution in [0.1, 0.15) is 19.8 Å². The van der Waals surface area contributed by atoms with E-state index >= 15 is 0 Å². The van der Waals surface area contributed by atoms with Crippen LogP contribution in [0.3, 0.4) is 0 Å². The lowest BCUT2D eigenvalue weighted by Crippen LogP contribution is -2.50. The predicted molar refractivity (Wildman–Crippen MR) is 84.0 cm³/mol. The number of anilines is 1. The zero-order valence-electron chi connectivity index (χ0n) is 12.7. The van der Waals surface area contributed by atoms with E-state index in [0.717, 1.165) is 25.2 Å². The second-order valence-corrected chi connectivity index (χ2v) is 6.35. The van der Waals surface area contributed by atoms with Crippen LogP contribution in [0, 0.1) is 5.92 Å². The van der Waals surface area contributed by atoms with Gasteiger partial charge in [0.05, 0.1) is 18.6 Å². The van der Waals surface area contributed by atoms with E-state index in [4.69, 9.17) is 16.3 Å². The Bertz CT molecular complexity index is 525. The average Bonchev–Trinajstić information content (AvgIpc) is 2.55. The summed E-state index contributed by atoms with van der Waals surface area (Å²) in [5.41, 5.74) is 0. The van der Waals surface area contributed by atoms with Crippen molar-refractivity contribution in [3.05, 3.63) is 17.3 Å². The maximum absolute atomic E-state index is 12.7. The van der Waals surface area contributed by atoms with Crippen LogP contribution in [0.4, 0.5) is 5.82 Å². The van der Waals surface area contributed by atoms with Crippen LogP contribution in [0.25, 0.3) is 0 Å². The molecule has 1 amide bonds. The first kappa shape index (κ1) is 15.5. The molecule has 7 heteroatoms. The summed E-state index contributed by atoms with van der Waals surface area (Å²) in [5.74, 6) is 1.05. The summed E-state index contributed by atoms with van der Waals surface area (Å²) >= 11 is 5.78. The number of hydrogen-bond donors (Lipinski definition) is 0. The smallest absolute Gasteiger partial charge is 0.227 e. The lowest BCUT2D eigenvalue weighted by atomic mass is 9.96. The van der Waals surface area contributed by atoms with Gasteiger partial charge in [0, 0.05) is 26.2 Å². The van der Waals surface area contributed by atoms with Gasteiger partial charge in [0.15, 0.2) is 11.0 Å². The van der Waals surface area contributed by atoms with Crippen molar-refractivity contribution in [2.24, 2.45) is 5.92 Å². The summed E-state index contributed by atoms with van der Waals surface area (Å²) in [5, 5.41) is 8.39. The van der Waals surface area contributed by atoms with E-state index in [2.05, 4.69) is 15.1 Å². The number of nitrogens with zero attached hydrogens (tertiary/aromatic N) is 4. The summed E-state index contributed by atoms with van der Waals surface area (Å²) in [6.07, 6.45) is 2.04. The van der Waals surface area contributed by atoms with Gasteiger partial charge in [0.2, 0.25) is 5.91 Å². The Hall–Kier alpha value is -1.40. The molecule has 1 aromatic heterocycles. The minimum atomic E-state index is 0.0246. The van der Waals surface area contributed by atoms with Crippen molar-refractivity contribution in [1.82, 2.24) is 15.1 Å². The second kappa shape index (κ2) is 6.79. The number of halogens is 1. The first-order valence-corrected chi connectivity index (χ1v) is 8.16. The van der Waals surface area contributed by atoms with Crippen molar-refractivity contribution in [1.29, 1.82) is 0 Å². The first-order valence-electron chi connectivity index (χ1n) is 7.78. The highest BCUT2D eigenvalue weighted by Gasteiger charge is 2.31. The van der Waals surface area contributed by atoms with Crippen LogP contribution in [0.2, 0.25) is 5.15 Å². The zero-order chi connectivity index (χ0) is 15.5. The van der Waals surface area contributed by atoms with Gasteiger partial charge in [-0.05, 0) is 31.9 Å². The topological polar surface area (TPSA) is 58.6 Å². The molecule has 6 nitrogen and oxygen atoms in total. The van der Waals surface area contributed by atoms with Crippen molar-refractivity contribution in [2.45, 2.75) is 25.9 Å². The molecular weight excluding hydrogens is 304 g/mol. The van der Waals surface area contributed by atoms with E-state index in [1.807, 2.05) is 17.9 Å². The van der Waals surface area contributed by atoms with Crippen molar-refractivity contribution < 1.29 is 9.53 Å². The van der Waals surface area contributed by atoms with E-state index in [9.17, 15) is 4.79 Å². The number of carbonyl (C=O) groups is 1. The monoisotopic (exact) mass is 324 g/mol. The molecule has 0 bridgehead atoms. The molecule has 0 N–H and O–H groups in total. The third-order valence-corrected chi connectivity index (χ3v) is 4.47. The van der Waals surface area contributed by atoms with Crippen molar-refractivity contribution in [2.75, 3.05) is 37.7 Å². The fourth-order valence-electron chi connectivity index (χ4n) is 3.14. The summed E-state index contributed by atoms with van der Waals surface area (Å²) in [6.45, 7) is 5.62. The van der Waals surface area contributed by atoms with E-state index in [0.29, 0.717) is 31.4 Å². The van der Waals surface area contributed by atoms with Crippen LogP contribution >= 0.6 is 11.6 Å². The molecule has 120 valence electrons. The molecule has 0 radical (unpaired) electrons. The van der Waals surface area contributed by atoms with Crippen molar-refractivity contribution >= 4 is 23.3 Å². The molecule has 0 aliphatic carbocycles. The fourth-order valence-corrected chi connectivity index (χ4v) is 3.24. The number of aromatic nitrogens is 2. The zero-order valence-corrected chi connectivity index (χ0v) is 13.5. The third kappa shape index (κ3) is 3.50. The maximum atomic E-state index is 12.7. The number of amides is 1. The highest BCUT2D eigenvalue weighted by Crippen LogP contribution is 2.24. The standard InChI is InChI=1S/C15H21ClN4O2/c1-11-9-20(7-8-22-11)15(21)12-3-2-6-19(10-12)14-5-4-13(16)17-18-14/h4-5,11-12H,2-3,6-10H2,1H3/t11-,12-/m1/s1. The maximum Gasteiger partial charge on any atom is 0.227 e. The lowest BCUT2D eigenvalue weighted by molar-refractivity contribution is -0.142. The average molecular weight is 325 g/mol. The number of ether oxygens (including phenoxy) is 1. The van der Waals surface area contributed by atoms with Gasteiger partial charge in [0.25, 0.3) is 0 Å². The van der Waals surface area contributed by atoms with E-state index in [1.165, 1.54) is 0 Å². The van der Waals surface area contributed by atoms with Crippen LogP contribution in [0.15, 0.2) is 12.1 Å². The number of piperidine rings is 1. The van der Waals surface area contributed by atoms with Gasteiger partial charge >= 0.3 is 0 Å². The van der Waals surface area contributed by atoms with Crippen LogP contribution in [0.5, 0.6) is 0 Å². The molecule has 2 saturated heterocycles. The Morgan fingerprint density at radius 2 is 2.18 bits per heavy atom. The molecule has 3 rings (SSSR count). The molecule has 2 atom stereocenters. The number of carbonyl (C=O) groups excluding carboxylic acids is 1. The quantitative estimate of drug-likeness (QED) is 0.827. The molecule has 3 heterocycles. The van der Waals surface area contributed by atoms with E-state index < -0.39 is 0 Å². The Morgan fingerprint density at radius 1 is 1.32 bits per heavy atom. The molecule has 0 spiro atoms. The minimum absolute atomic E-state index is 0.0246. The molecule has 0 aromatic carbocycles. The second-order valence-electron chi connectivity index (χ2n) is 5.97. The largest absolute Gasteiger partial charge is 0.375 e. The molecule has 1 aromatic rings. The van der Waals surface area contributed by atoms with Gasteiger partial charge in [-0.2, -0.15) is 0 Å². The van der Waals surface area contributed by atoms with Gasteiger partial charge < -0.3 is 14.5 Å². The van der Waals surface area contributed by atoms with Crippen LogP contribution in [-0.2, 0) is 9.53 Å². The van der Waals surface area contributed by atoms with Crippen LogP contribution < -0.4 is 4.90 Å². The Kier molecular flexibility index (Phi) is 4.78. The predicted octanol–water partition coefficient (Wildman–Crippen LogP) is 1.59. The van der Waals surface area contributed by atoms with Gasteiger partial charge in [0.1, 0.15) is 0 Å². The minimum Gasteiger partial charge on any atom is -0.375 e. The van der Waals surface area contributed by atoms with Gasteiger partial charge in [-0.25, -0.2) is 0 Å². The number of rotatable bonds is 2. The van der Waals surface area contributed by atoms with Gasteiger partial charge in [-0.1, -0.05) is 11.6 Å². The van der Waals surface area contributed by atoms with Gasteiger partial charge in [-0.3, -0.25) is 4.79 Å². The Balaban J connectivity index is 1.64. The highest BCUT2D eigenvalue weighted by atomic mass is 35.5. The Morgan fingerprint density at radius 3 is 2.91 bits per heavy atom. The Labute approximate surface area is 135 Å². The molecule has 2 fully saturated rings. The SMILES string of the molecule is C[C@@H]1CN(C(=O)[C@@H]2CCCN(c3ccc(Cl)nn3)C2)CCO1. The molecule has 0 saturated carbocycles. The normalized spacial score (nSPS) is 26.1. The molecule has 0 unspecified atom stereocenters. The summed E-state index contributed by atoms with van der Waals surface area (Å²) in [6, 6.07) is 3.60. The number of hydrogen-bond acceptors (Lipinski definition) is 5. The van der Waals surface area contributed by atoms with Crippen molar-refractivity contribution in [3.63, 3.8) is 0 Å². The molecule has 22 heavy (non-hydrogen) atoms. The summed E-state index contributed by atoms with van der Waals surface area (Å²) in [4.78, 5) is 16.8. The van der Waals surface area contributed by atoms with E-state index in [-0.39, 0.29) is 17.9 Å². The van der Waals surface area contributed by atoms with E-state index in [1.54, 1.807) is 6.07 Å². The highest BCUT2D eigenvalue weighted by molar-refractivity contribution is 6.29.